The van der Waals surface area contributed by atoms with Gasteiger partial charge in [0.2, 0.25) is 11.8 Å². The summed E-state index contributed by atoms with van der Waals surface area (Å²) in [6.45, 7) is 7.77. The van der Waals surface area contributed by atoms with Crippen molar-refractivity contribution in [2.75, 3.05) is 31.5 Å². The number of nitrogens with one attached hydrogen (secondary N) is 2. The summed E-state index contributed by atoms with van der Waals surface area (Å²) in [5.74, 6) is 0.0781. The maximum absolute atomic E-state index is 12.3. The molecule has 3 rings (SSSR count). The molecule has 2 fully saturated rings. The largest absolute Gasteiger partial charge is 0.352 e. The van der Waals surface area contributed by atoms with Gasteiger partial charge in [-0.25, -0.2) is 4.98 Å². The molecule has 1 aliphatic heterocycles. The molecule has 1 saturated heterocycles. The van der Waals surface area contributed by atoms with Gasteiger partial charge in [0.05, 0.1) is 6.54 Å². The van der Waals surface area contributed by atoms with Crippen LogP contribution in [-0.4, -0.2) is 64.9 Å². The molecule has 2 heterocycles. The van der Waals surface area contributed by atoms with Gasteiger partial charge in [0, 0.05) is 56.3 Å². The first kappa shape index (κ1) is 20.2. The number of hydrogen-bond acceptors (Lipinski definition) is 6. The molecule has 1 unspecified atom stereocenters. The Hall–Kier alpha value is -1.51. The normalized spacial score (nSPS) is 22.5. The predicted octanol–water partition coefficient (Wildman–Crippen LogP) is 2.06. The van der Waals surface area contributed by atoms with Crippen molar-refractivity contribution in [3.05, 3.63) is 11.1 Å². The third-order valence-corrected chi connectivity index (χ3v) is 6.28. The second-order valence-electron chi connectivity index (χ2n) is 7.77. The van der Waals surface area contributed by atoms with Crippen molar-refractivity contribution in [3.63, 3.8) is 0 Å². The van der Waals surface area contributed by atoms with Crippen molar-refractivity contribution < 1.29 is 9.59 Å². The number of amides is 2. The molecule has 27 heavy (non-hydrogen) atoms. The zero-order chi connectivity index (χ0) is 19.2. The third kappa shape index (κ3) is 6.26. The van der Waals surface area contributed by atoms with Crippen LogP contribution in [0, 0.1) is 0 Å². The van der Waals surface area contributed by atoms with Crippen molar-refractivity contribution in [1.82, 2.24) is 20.1 Å². The van der Waals surface area contributed by atoms with E-state index in [-0.39, 0.29) is 11.8 Å². The molecular weight excluding hydrogens is 362 g/mol. The first-order valence-corrected chi connectivity index (χ1v) is 10.8. The Bertz CT molecular complexity index is 644. The first-order valence-electron chi connectivity index (χ1n) is 9.97. The number of carbonyl (C=O) groups is 2. The maximum atomic E-state index is 12.3. The minimum absolute atomic E-state index is 0.0932. The van der Waals surface area contributed by atoms with Crippen LogP contribution in [0.1, 0.15) is 50.8 Å². The van der Waals surface area contributed by atoms with Gasteiger partial charge in [0.25, 0.3) is 0 Å². The molecule has 1 saturated carbocycles. The summed E-state index contributed by atoms with van der Waals surface area (Å²) in [4.78, 5) is 33.5. The van der Waals surface area contributed by atoms with Crippen LogP contribution in [0.4, 0.5) is 5.13 Å². The zero-order valence-corrected chi connectivity index (χ0v) is 17.2. The van der Waals surface area contributed by atoms with Crippen LogP contribution in [-0.2, 0) is 16.1 Å². The number of aromatic nitrogens is 1. The monoisotopic (exact) mass is 393 g/mol. The molecule has 8 heteroatoms. The minimum atomic E-state index is -0.0932. The lowest BCUT2D eigenvalue weighted by Crippen LogP contribution is -2.54. The Labute approximate surface area is 165 Å². The van der Waals surface area contributed by atoms with Crippen LogP contribution in [0.2, 0.25) is 0 Å². The van der Waals surface area contributed by atoms with Gasteiger partial charge in [-0.15, -0.1) is 11.3 Å². The molecule has 1 atom stereocenters. The molecule has 7 nitrogen and oxygen atoms in total. The quantitative estimate of drug-likeness (QED) is 0.774. The van der Waals surface area contributed by atoms with Crippen LogP contribution in [0.5, 0.6) is 0 Å². The Morgan fingerprint density at radius 1 is 1.26 bits per heavy atom. The van der Waals surface area contributed by atoms with Crippen molar-refractivity contribution in [2.24, 2.45) is 0 Å². The number of piperazine rings is 1. The van der Waals surface area contributed by atoms with E-state index in [2.05, 4.69) is 32.3 Å². The van der Waals surface area contributed by atoms with E-state index in [9.17, 15) is 9.59 Å². The van der Waals surface area contributed by atoms with E-state index in [1.165, 1.54) is 37.5 Å². The maximum Gasteiger partial charge on any atom is 0.234 e. The van der Waals surface area contributed by atoms with Crippen LogP contribution >= 0.6 is 11.3 Å². The summed E-state index contributed by atoms with van der Waals surface area (Å²) in [7, 11) is 0. The Balaban J connectivity index is 1.42. The van der Waals surface area contributed by atoms with E-state index in [1.807, 2.05) is 6.20 Å². The van der Waals surface area contributed by atoms with Crippen molar-refractivity contribution in [3.8, 4) is 0 Å². The van der Waals surface area contributed by atoms with E-state index < -0.39 is 0 Å². The molecule has 2 amide bonds. The lowest BCUT2D eigenvalue weighted by atomic mass is 9.95. The number of rotatable bonds is 6. The smallest absolute Gasteiger partial charge is 0.234 e. The van der Waals surface area contributed by atoms with E-state index in [1.54, 1.807) is 0 Å². The lowest BCUT2D eigenvalue weighted by molar-refractivity contribution is -0.124. The van der Waals surface area contributed by atoms with Gasteiger partial charge in [-0.2, -0.15) is 0 Å². The highest BCUT2D eigenvalue weighted by Gasteiger charge is 2.26. The van der Waals surface area contributed by atoms with Crippen molar-refractivity contribution in [1.29, 1.82) is 0 Å². The second-order valence-corrected chi connectivity index (χ2v) is 8.89. The fourth-order valence-electron chi connectivity index (χ4n) is 3.96. The molecule has 0 spiro atoms. The van der Waals surface area contributed by atoms with E-state index >= 15 is 0 Å². The molecule has 1 aromatic rings. The predicted molar refractivity (Wildman–Crippen MR) is 108 cm³/mol. The average molecular weight is 394 g/mol. The van der Waals surface area contributed by atoms with Gasteiger partial charge in [0.15, 0.2) is 5.13 Å². The van der Waals surface area contributed by atoms with Crippen LogP contribution in [0.3, 0.4) is 0 Å². The van der Waals surface area contributed by atoms with Gasteiger partial charge in [0.1, 0.15) is 0 Å². The van der Waals surface area contributed by atoms with E-state index in [0.717, 1.165) is 43.9 Å². The molecule has 1 aliphatic carbocycles. The number of anilines is 1. The molecule has 1 aromatic heterocycles. The molecule has 2 N–H and O–H groups in total. The Morgan fingerprint density at radius 3 is 2.74 bits per heavy atom. The van der Waals surface area contributed by atoms with Gasteiger partial charge in [-0.05, 0) is 19.8 Å². The topological polar surface area (TPSA) is 77.6 Å². The molecular formula is C19H31N5O2S. The lowest BCUT2D eigenvalue weighted by Gasteiger charge is -2.39. The van der Waals surface area contributed by atoms with Crippen LogP contribution in [0.15, 0.2) is 6.20 Å². The Kier molecular flexibility index (Phi) is 7.20. The van der Waals surface area contributed by atoms with Gasteiger partial charge in [-0.3, -0.25) is 19.4 Å². The molecule has 150 valence electrons. The van der Waals surface area contributed by atoms with E-state index in [0.29, 0.717) is 23.8 Å². The number of thiazole rings is 1. The fraction of sp³-hybridized carbons (Fsp3) is 0.737. The van der Waals surface area contributed by atoms with Crippen molar-refractivity contribution in [2.45, 2.75) is 64.6 Å². The number of hydrogen-bond donors (Lipinski definition) is 2. The molecule has 0 aromatic carbocycles. The average Bonchev–Trinajstić information content (AvgIpc) is 3.04. The summed E-state index contributed by atoms with van der Waals surface area (Å²) in [6, 6.07) is 0.765. The zero-order valence-electron chi connectivity index (χ0n) is 16.4. The fourth-order valence-corrected chi connectivity index (χ4v) is 4.85. The van der Waals surface area contributed by atoms with Crippen molar-refractivity contribution >= 4 is 28.3 Å². The van der Waals surface area contributed by atoms with Gasteiger partial charge in [-0.1, -0.05) is 19.3 Å². The number of nitrogens with zero attached hydrogens (tertiary/aromatic N) is 3. The summed E-state index contributed by atoms with van der Waals surface area (Å²) in [5.41, 5.74) is 0. The second kappa shape index (κ2) is 9.61. The highest BCUT2D eigenvalue weighted by Crippen LogP contribution is 2.22. The standard InChI is InChI=1S/C19H31N5O2S/c1-14-11-23(13-18(26)22-16-6-4-3-5-7-16)8-9-24(14)12-17-10-20-19(27-17)21-15(2)25/h10,14,16H,3-9,11-13H2,1-2H3,(H,22,26)(H,20,21,25). The third-order valence-electron chi connectivity index (χ3n) is 5.38. The van der Waals surface area contributed by atoms with Gasteiger partial charge < -0.3 is 10.6 Å². The summed E-state index contributed by atoms with van der Waals surface area (Å²) < 4.78 is 0. The SMILES string of the molecule is CC(=O)Nc1ncc(CN2CCN(CC(=O)NC3CCCCC3)CC2C)s1. The molecule has 0 radical (unpaired) electrons. The number of carbonyl (C=O) groups excluding carboxylic acids is 2. The highest BCUT2D eigenvalue weighted by atomic mass is 32.1. The van der Waals surface area contributed by atoms with Crippen LogP contribution in [0.25, 0.3) is 0 Å². The Morgan fingerprint density at radius 2 is 2.04 bits per heavy atom. The van der Waals surface area contributed by atoms with E-state index in [4.69, 9.17) is 0 Å². The summed E-state index contributed by atoms with van der Waals surface area (Å²) in [5, 5.41) is 6.60. The molecule has 0 bridgehead atoms. The van der Waals surface area contributed by atoms with Gasteiger partial charge >= 0.3 is 0 Å². The highest BCUT2D eigenvalue weighted by molar-refractivity contribution is 7.15. The van der Waals surface area contributed by atoms with Crippen LogP contribution < -0.4 is 10.6 Å². The summed E-state index contributed by atoms with van der Waals surface area (Å²) in [6.07, 6.45) is 7.88. The minimum Gasteiger partial charge on any atom is -0.352 e. The summed E-state index contributed by atoms with van der Waals surface area (Å²) >= 11 is 1.53. The first-order chi connectivity index (χ1) is 13.0. The molecule has 2 aliphatic rings.